The number of rotatable bonds is 4. The molecule has 1 saturated heterocycles. The van der Waals surface area contributed by atoms with Crippen LogP contribution in [0.25, 0.3) is 6.08 Å². The molecule has 2 rings (SSSR count). The van der Waals surface area contributed by atoms with Crippen LogP contribution in [-0.4, -0.2) is 34.3 Å². The van der Waals surface area contributed by atoms with Crippen LogP contribution in [0.1, 0.15) is 45.7 Å². The van der Waals surface area contributed by atoms with E-state index in [4.69, 9.17) is 9.31 Å². The Kier molecular flexibility index (Phi) is 5.52. The van der Waals surface area contributed by atoms with E-state index in [1.807, 2.05) is 46.8 Å². The van der Waals surface area contributed by atoms with Crippen LogP contribution in [0, 0.1) is 6.92 Å². The molecule has 0 atom stereocenters. The minimum atomic E-state index is -0.491. The molecule has 0 amide bonds. The molecule has 0 unspecified atom stereocenters. The van der Waals surface area contributed by atoms with E-state index in [-0.39, 0.29) is 10.9 Å². The second-order valence-electron chi connectivity index (χ2n) is 7.13. The molecule has 0 saturated carbocycles. The molecule has 6 heteroatoms. The summed E-state index contributed by atoms with van der Waals surface area (Å²) in [6, 6.07) is 5.22. The quantitative estimate of drug-likeness (QED) is 0.834. The molecule has 24 heavy (non-hydrogen) atoms. The van der Waals surface area contributed by atoms with Gasteiger partial charge in [-0.25, -0.2) is 0 Å². The molecule has 1 aliphatic rings. The predicted octanol–water partition coefficient (Wildman–Crippen LogP) is 4.00. The normalized spacial score (nSPS) is 19.6. The number of carbonyl (C=O) groups excluding carboxylic acids is 1. The first-order valence-corrected chi connectivity index (χ1v) is 8.99. The number of aromatic hydroxyl groups is 1. The van der Waals surface area contributed by atoms with Crippen LogP contribution in [0.4, 0.5) is 0 Å². The Hall–Kier alpha value is -1.24. The van der Waals surface area contributed by atoms with Crippen LogP contribution in [0.2, 0.25) is 0 Å². The summed E-state index contributed by atoms with van der Waals surface area (Å²) in [5.74, 6) is 0.742. The highest BCUT2D eigenvalue weighted by molar-refractivity contribution is 8.13. The van der Waals surface area contributed by atoms with Crippen molar-refractivity contribution < 1.29 is 19.2 Å². The Morgan fingerprint density at radius 1 is 1.25 bits per heavy atom. The van der Waals surface area contributed by atoms with Gasteiger partial charge in [-0.1, -0.05) is 23.9 Å². The van der Waals surface area contributed by atoms with E-state index in [0.717, 1.165) is 16.6 Å². The zero-order chi connectivity index (χ0) is 18.1. The molecule has 0 aromatic heterocycles. The second-order valence-corrected chi connectivity index (χ2v) is 8.28. The lowest BCUT2D eigenvalue weighted by Crippen LogP contribution is -2.41. The van der Waals surface area contributed by atoms with Crippen molar-refractivity contribution >= 4 is 30.1 Å². The van der Waals surface area contributed by atoms with Gasteiger partial charge in [-0.2, -0.15) is 0 Å². The van der Waals surface area contributed by atoms with Gasteiger partial charge in [0.25, 0.3) is 0 Å². The minimum absolute atomic E-state index is 0.0554. The topological polar surface area (TPSA) is 55.8 Å². The summed E-state index contributed by atoms with van der Waals surface area (Å²) in [6.07, 6.45) is 1.99. The molecular weight excluding hydrogens is 323 g/mol. The molecule has 0 radical (unpaired) electrons. The number of aryl methyl sites for hydroxylation is 1. The highest BCUT2D eigenvalue weighted by atomic mass is 32.2. The van der Waals surface area contributed by atoms with Crippen molar-refractivity contribution in [1.29, 1.82) is 0 Å². The molecule has 0 bridgehead atoms. The third-order valence-electron chi connectivity index (χ3n) is 4.59. The Balaban J connectivity index is 2.35. The summed E-state index contributed by atoms with van der Waals surface area (Å²) in [4.78, 5) is 11.4. The average Bonchev–Trinajstić information content (AvgIpc) is 2.65. The van der Waals surface area contributed by atoms with Gasteiger partial charge < -0.3 is 14.4 Å². The number of hydrogen-bond acceptors (Lipinski definition) is 5. The third kappa shape index (κ3) is 4.24. The number of phenolic OH excluding ortho intramolecular Hbond substituents is 1. The van der Waals surface area contributed by atoms with Crippen molar-refractivity contribution in [2.24, 2.45) is 0 Å². The van der Waals surface area contributed by atoms with E-state index in [1.165, 1.54) is 11.8 Å². The maximum absolute atomic E-state index is 11.4. The van der Waals surface area contributed by atoms with Gasteiger partial charge in [0.15, 0.2) is 5.12 Å². The largest absolute Gasteiger partial charge is 0.508 e. The first-order valence-electron chi connectivity index (χ1n) is 8.01. The smallest absolute Gasteiger partial charge is 0.491 e. The number of hydrogen-bond donors (Lipinski definition) is 1. The lowest BCUT2D eigenvalue weighted by atomic mass is 9.78. The fraction of sp³-hybridized carbons (Fsp3) is 0.500. The van der Waals surface area contributed by atoms with Gasteiger partial charge in [0, 0.05) is 12.7 Å². The number of carbonyl (C=O) groups is 1. The van der Waals surface area contributed by atoms with Gasteiger partial charge in [-0.05, 0) is 63.4 Å². The van der Waals surface area contributed by atoms with Crippen molar-refractivity contribution in [3.8, 4) is 5.75 Å². The van der Waals surface area contributed by atoms with Gasteiger partial charge in [0.05, 0.1) is 11.2 Å². The van der Waals surface area contributed by atoms with Crippen molar-refractivity contribution in [3.05, 3.63) is 34.8 Å². The SMILES string of the molecule is CC(=O)SCC(=Cc1ccc(O)cc1C)B1OC(C)(C)C(C)(C)O1. The Morgan fingerprint density at radius 3 is 2.33 bits per heavy atom. The molecule has 4 nitrogen and oxygen atoms in total. The monoisotopic (exact) mass is 348 g/mol. The lowest BCUT2D eigenvalue weighted by molar-refractivity contribution is -0.109. The van der Waals surface area contributed by atoms with Gasteiger partial charge in [-0.15, -0.1) is 0 Å². The van der Waals surface area contributed by atoms with Gasteiger partial charge >= 0.3 is 7.12 Å². The summed E-state index contributed by atoms with van der Waals surface area (Å²) in [5.41, 5.74) is 1.98. The van der Waals surface area contributed by atoms with Crippen molar-refractivity contribution in [2.45, 2.75) is 52.7 Å². The molecule has 1 fully saturated rings. The maximum atomic E-state index is 11.4. The van der Waals surface area contributed by atoms with Gasteiger partial charge in [0.1, 0.15) is 5.75 Å². The molecule has 1 N–H and O–H groups in total. The van der Waals surface area contributed by atoms with Gasteiger partial charge in [0.2, 0.25) is 0 Å². The van der Waals surface area contributed by atoms with Crippen molar-refractivity contribution in [2.75, 3.05) is 5.75 Å². The van der Waals surface area contributed by atoms with Crippen molar-refractivity contribution in [1.82, 2.24) is 0 Å². The van der Waals surface area contributed by atoms with Crippen LogP contribution in [-0.2, 0) is 14.1 Å². The van der Waals surface area contributed by atoms with Crippen LogP contribution in [0.3, 0.4) is 0 Å². The number of benzene rings is 1. The molecule has 1 aliphatic heterocycles. The summed E-state index contributed by atoms with van der Waals surface area (Å²) in [5, 5.41) is 9.63. The van der Waals surface area contributed by atoms with Crippen molar-refractivity contribution in [3.63, 3.8) is 0 Å². The van der Waals surface area contributed by atoms with E-state index in [2.05, 4.69) is 0 Å². The highest BCUT2D eigenvalue weighted by Gasteiger charge is 2.52. The van der Waals surface area contributed by atoms with Crippen LogP contribution in [0.5, 0.6) is 5.75 Å². The minimum Gasteiger partial charge on any atom is -0.508 e. The van der Waals surface area contributed by atoms with E-state index < -0.39 is 18.3 Å². The standard InChI is InChI=1S/C18H25BO4S/c1-12-9-16(21)8-7-14(12)10-15(11-24-13(2)20)19-22-17(3,4)18(5,6)23-19/h7-10,21H,11H2,1-6H3. The molecule has 0 aliphatic carbocycles. The third-order valence-corrected chi connectivity index (χ3v) is 5.48. The maximum Gasteiger partial charge on any atom is 0.491 e. The van der Waals surface area contributed by atoms with E-state index in [0.29, 0.717) is 5.75 Å². The zero-order valence-electron chi connectivity index (χ0n) is 15.2. The Bertz CT molecular complexity index is 651. The van der Waals surface area contributed by atoms with Crippen LogP contribution < -0.4 is 0 Å². The van der Waals surface area contributed by atoms with Gasteiger partial charge in [-0.3, -0.25) is 4.79 Å². The fourth-order valence-electron chi connectivity index (χ4n) is 2.38. The number of phenols is 1. The first-order chi connectivity index (χ1) is 11.0. The Morgan fingerprint density at radius 2 is 1.83 bits per heavy atom. The van der Waals surface area contributed by atoms with Crippen LogP contribution >= 0.6 is 11.8 Å². The number of thioether (sulfide) groups is 1. The summed E-state index contributed by atoms with van der Waals surface area (Å²) in [6.45, 7) is 11.5. The molecular formula is C18H25BO4S. The van der Waals surface area contributed by atoms with E-state index in [1.54, 1.807) is 19.1 Å². The van der Waals surface area contributed by atoms with E-state index in [9.17, 15) is 9.90 Å². The second kappa shape index (κ2) is 6.94. The Labute approximate surface area is 148 Å². The molecule has 1 heterocycles. The molecule has 1 aromatic carbocycles. The fourth-order valence-corrected chi connectivity index (χ4v) is 2.97. The molecule has 130 valence electrons. The van der Waals surface area contributed by atoms with E-state index >= 15 is 0 Å². The molecule has 0 spiro atoms. The molecule has 1 aromatic rings. The zero-order valence-corrected chi connectivity index (χ0v) is 16.0. The first kappa shape index (κ1) is 19.1. The van der Waals surface area contributed by atoms with Crippen LogP contribution in [0.15, 0.2) is 23.7 Å². The highest BCUT2D eigenvalue weighted by Crippen LogP contribution is 2.39. The summed E-state index contributed by atoms with van der Waals surface area (Å²) < 4.78 is 12.3. The summed E-state index contributed by atoms with van der Waals surface area (Å²) in [7, 11) is -0.491. The summed E-state index contributed by atoms with van der Waals surface area (Å²) >= 11 is 1.24. The average molecular weight is 348 g/mol. The predicted molar refractivity (Wildman–Crippen MR) is 100 cm³/mol. The lowest BCUT2D eigenvalue weighted by Gasteiger charge is -2.32.